The van der Waals surface area contributed by atoms with E-state index < -0.39 is 7.82 Å². The molecule has 0 saturated carbocycles. The molecule has 4 nitrogen and oxygen atoms in total. The summed E-state index contributed by atoms with van der Waals surface area (Å²) in [4.78, 5) is 9.29. The van der Waals surface area contributed by atoms with Gasteiger partial charge in [-0.2, -0.15) is 0 Å². The summed E-state index contributed by atoms with van der Waals surface area (Å²) in [7, 11) is -0.789. The van der Waals surface area contributed by atoms with E-state index in [4.69, 9.17) is 4.52 Å². The maximum atomic E-state index is 11.3. The normalized spacial score (nSPS) is 19.2. The highest BCUT2D eigenvalue weighted by atomic mass is 31.2. The Balaban J connectivity index is 4.70. The van der Waals surface area contributed by atoms with Gasteiger partial charge in [0, 0.05) is 13.0 Å². The lowest BCUT2D eigenvalue weighted by Gasteiger charge is -2.23. The second-order valence-corrected chi connectivity index (χ2v) is 4.94. The zero-order valence-corrected chi connectivity index (χ0v) is 11.0. The van der Waals surface area contributed by atoms with Crippen LogP contribution in [0.4, 0.5) is 0 Å². The second-order valence-electron chi connectivity index (χ2n) is 3.42. The van der Waals surface area contributed by atoms with Gasteiger partial charge in [0.1, 0.15) is 7.85 Å². The molecule has 3 atom stereocenters. The van der Waals surface area contributed by atoms with E-state index in [-0.39, 0.29) is 12.0 Å². The SMILES string of the molecule is BCCC(OP(=O)(O)OC)C(C=C)/C=C\C. The van der Waals surface area contributed by atoms with Crippen molar-refractivity contribution >= 4 is 15.7 Å². The first-order chi connectivity index (χ1) is 7.50. The Morgan fingerprint density at radius 2 is 2.25 bits per heavy atom. The fraction of sp³-hybridized carbons (Fsp3) is 0.600. The van der Waals surface area contributed by atoms with Gasteiger partial charge in [-0.3, -0.25) is 9.05 Å². The largest absolute Gasteiger partial charge is 0.472 e. The van der Waals surface area contributed by atoms with Crippen molar-refractivity contribution < 1.29 is 18.5 Å². The highest BCUT2D eigenvalue weighted by Crippen LogP contribution is 2.45. The molecule has 0 radical (unpaired) electrons. The third kappa shape index (κ3) is 5.66. The van der Waals surface area contributed by atoms with Crippen LogP contribution >= 0.6 is 7.82 Å². The maximum Gasteiger partial charge on any atom is 0.472 e. The number of allylic oxidation sites excluding steroid dienone is 1. The fourth-order valence-electron chi connectivity index (χ4n) is 1.39. The van der Waals surface area contributed by atoms with Gasteiger partial charge in [-0.1, -0.05) is 24.5 Å². The molecule has 6 heteroatoms. The molecule has 0 amide bonds. The summed E-state index contributed by atoms with van der Waals surface area (Å²) in [5, 5.41) is 0. The van der Waals surface area contributed by atoms with Crippen LogP contribution in [-0.4, -0.2) is 26.0 Å². The molecule has 0 aromatic carbocycles. The van der Waals surface area contributed by atoms with E-state index in [9.17, 15) is 9.46 Å². The number of hydrogen-bond donors (Lipinski definition) is 1. The Hall–Kier alpha value is -0.345. The Labute approximate surface area is 98.4 Å². The van der Waals surface area contributed by atoms with E-state index in [1.165, 1.54) is 0 Å². The first-order valence-electron chi connectivity index (χ1n) is 5.33. The predicted molar refractivity (Wildman–Crippen MR) is 68.2 cm³/mol. The summed E-state index contributed by atoms with van der Waals surface area (Å²) >= 11 is 0. The highest BCUT2D eigenvalue weighted by Gasteiger charge is 2.27. The average molecular weight is 246 g/mol. The lowest BCUT2D eigenvalue weighted by molar-refractivity contribution is 0.101. The minimum Gasteiger partial charge on any atom is -0.302 e. The predicted octanol–water partition coefficient (Wildman–Crippen LogP) is 1.94. The maximum absolute atomic E-state index is 11.3. The third-order valence-electron chi connectivity index (χ3n) is 2.19. The van der Waals surface area contributed by atoms with E-state index in [1.807, 2.05) is 26.9 Å². The molecule has 1 N–H and O–H groups in total. The molecule has 0 aliphatic rings. The van der Waals surface area contributed by atoms with E-state index >= 15 is 0 Å². The lowest BCUT2D eigenvalue weighted by Crippen LogP contribution is -2.20. The molecule has 0 bridgehead atoms. The van der Waals surface area contributed by atoms with Gasteiger partial charge in [0.15, 0.2) is 0 Å². The number of rotatable bonds is 8. The summed E-state index contributed by atoms with van der Waals surface area (Å²) in [5.74, 6) is -0.0828. The van der Waals surface area contributed by atoms with Gasteiger partial charge < -0.3 is 4.89 Å². The van der Waals surface area contributed by atoms with Crippen LogP contribution in [0.2, 0.25) is 6.32 Å². The number of hydrogen-bond acceptors (Lipinski definition) is 3. The zero-order valence-electron chi connectivity index (χ0n) is 10.1. The van der Waals surface area contributed by atoms with Crippen LogP contribution < -0.4 is 0 Å². The molecular formula is C10H20BO4P. The van der Waals surface area contributed by atoms with Crippen LogP contribution in [-0.2, 0) is 13.6 Å². The van der Waals surface area contributed by atoms with Gasteiger partial charge >= 0.3 is 7.82 Å². The quantitative estimate of drug-likeness (QED) is 0.404. The van der Waals surface area contributed by atoms with E-state index in [2.05, 4.69) is 11.1 Å². The molecule has 0 heterocycles. The molecule has 0 aliphatic carbocycles. The van der Waals surface area contributed by atoms with E-state index in [1.54, 1.807) is 6.08 Å². The Morgan fingerprint density at radius 1 is 1.62 bits per heavy atom. The van der Waals surface area contributed by atoms with Crippen LogP contribution in [0.15, 0.2) is 24.8 Å². The van der Waals surface area contributed by atoms with Gasteiger partial charge in [0.25, 0.3) is 0 Å². The van der Waals surface area contributed by atoms with Crippen molar-refractivity contribution in [3.05, 3.63) is 24.8 Å². The Kier molecular flexibility index (Phi) is 7.68. The monoisotopic (exact) mass is 246 g/mol. The van der Waals surface area contributed by atoms with Crippen molar-refractivity contribution in [3.63, 3.8) is 0 Å². The molecule has 0 rings (SSSR count). The molecule has 92 valence electrons. The molecule has 0 saturated heterocycles. The van der Waals surface area contributed by atoms with Crippen LogP contribution in [0.1, 0.15) is 13.3 Å². The molecule has 0 aromatic heterocycles. The molecule has 16 heavy (non-hydrogen) atoms. The molecule has 0 spiro atoms. The first kappa shape index (κ1) is 15.7. The minimum atomic E-state index is -3.93. The average Bonchev–Trinajstić information content (AvgIpc) is 2.25. The fourth-order valence-corrected chi connectivity index (χ4v) is 2.06. The van der Waals surface area contributed by atoms with Gasteiger partial charge in [-0.25, -0.2) is 4.57 Å². The topological polar surface area (TPSA) is 55.8 Å². The van der Waals surface area contributed by atoms with Gasteiger partial charge in [-0.15, -0.1) is 6.58 Å². The van der Waals surface area contributed by atoms with Crippen molar-refractivity contribution in [1.82, 2.24) is 0 Å². The summed E-state index contributed by atoms with van der Waals surface area (Å²) in [6.07, 6.45) is 6.62. The summed E-state index contributed by atoms with van der Waals surface area (Å²) in [6.45, 7) is 5.58. The molecular weight excluding hydrogens is 226 g/mol. The van der Waals surface area contributed by atoms with Crippen molar-refractivity contribution in [2.45, 2.75) is 25.8 Å². The summed E-state index contributed by atoms with van der Waals surface area (Å²) < 4.78 is 20.9. The minimum absolute atomic E-state index is 0.0828. The third-order valence-corrected chi connectivity index (χ3v) is 3.19. The van der Waals surface area contributed by atoms with Gasteiger partial charge in [0.05, 0.1) is 6.10 Å². The number of phosphoric ester groups is 1. The van der Waals surface area contributed by atoms with Crippen LogP contribution in [0.5, 0.6) is 0 Å². The lowest BCUT2D eigenvalue weighted by atomic mass is 9.92. The summed E-state index contributed by atoms with van der Waals surface area (Å²) in [5.41, 5.74) is 0. The van der Waals surface area contributed by atoms with Crippen molar-refractivity contribution in [2.75, 3.05) is 7.11 Å². The molecule has 0 aliphatic heterocycles. The molecule has 3 unspecified atom stereocenters. The van der Waals surface area contributed by atoms with Crippen molar-refractivity contribution in [1.29, 1.82) is 0 Å². The van der Waals surface area contributed by atoms with Crippen molar-refractivity contribution in [2.24, 2.45) is 5.92 Å². The van der Waals surface area contributed by atoms with Crippen LogP contribution in [0.25, 0.3) is 0 Å². The van der Waals surface area contributed by atoms with Crippen LogP contribution in [0.3, 0.4) is 0 Å². The Bertz CT molecular complexity index is 280. The molecule has 0 aromatic rings. The number of phosphoric acid groups is 1. The van der Waals surface area contributed by atoms with Crippen LogP contribution in [0, 0.1) is 5.92 Å². The highest BCUT2D eigenvalue weighted by molar-refractivity contribution is 7.47. The van der Waals surface area contributed by atoms with Crippen molar-refractivity contribution in [3.8, 4) is 0 Å². The first-order valence-corrected chi connectivity index (χ1v) is 6.82. The van der Waals surface area contributed by atoms with Gasteiger partial charge in [0.2, 0.25) is 0 Å². The molecule has 0 fully saturated rings. The summed E-state index contributed by atoms with van der Waals surface area (Å²) in [6, 6.07) is 0. The standard InChI is InChI=1S/C10H20BO4P/c1-4-6-9(5-2)10(7-8-11)15-16(12,13)14-3/h4-6,9-10H,2,7-8,11H2,1,3H3,(H,12,13)/b6-4-. The van der Waals surface area contributed by atoms with Gasteiger partial charge in [-0.05, 0) is 13.3 Å². The van der Waals surface area contributed by atoms with E-state index in [0.717, 1.165) is 13.4 Å². The zero-order chi connectivity index (χ0) is 12.6. The Morgan fingerprint density at radius 3 is 2.62 bits per heavy atom. The second kappa shape index (κ2) is 7.85. The smallest absolute Gasteiger partial charge is 0.302 e. The van der Waals surface area contributed by atoms with E-state index in [0.29, 0.717) is 6.42 Å².